The van der Waals surface area contributed by atoms with Gasteiger partial charge in [0.25, 0.3) is 5.91 Å². The van der Waals surface area contributed by atoms with Crippen LogP contribution in [-0.2, 0) is 9.59 Å². The maximum absolute atomic E-state index is 12.9. The molecular weight excluding hydrogens is 448 g/mol. The number of alkyl halides is 1. The van der Waals surface area contributed by atoms with Crippen molar-refractivity contribution in [1.82, 2.24) is 0 Å². The molecular formula is C15H8BrCl4NO2. The number of anilines is 1. The van der Waals surface area contributed by atoms with Crippen LogP contribution in [0.2, 0.25) is 0 Å². The lowest BCUT2D eigenvalue weighted by Gasteiger charge is -2.27. The summed E-state index contributed by atoms with van der Waals surface area (Å²) in [5.74, 6) is -2.14. The molecule has 1 aliphatic carbocycles. The second-order valence-corrected chi connectivity index (χ2v) is 7.92. The SMILES string of the molecule is Cc1ccc(Br)cc1N1C(=O)C2C=C(Cl)C(Cl)=C(Cl)C2(Cl)C1=O. The molecule has 0 aromatic heterocycles. The van der Waals surface area contributed by atoms with E-state index in [-0.39, 0.29) is 15.1 Å². The van der Waals surface area contributed by atoms with Gasteiger partial charge in [-0.05, 0) is 30.7 Å². The van der Waals surface area contributed by atoms with Crippen molar-refractivity contribution in [3.05, 3.63) is 49.4 Å². The van der Waals surface area contributed by atoms with Gasteiger partial charge in [0.1, 0.15) is 0 Å². The Hall–Kier alpha value is -0.520. The predicted molar refractivity (Wildman–Crippen MR) is 96.1 cm³/mol. The smallest absolute Gasteiger partial charge is 0.261 e. The average Bonchev–Trinajstić information content (AvgIpc) is 2.69. The van der Waals surface area contributed by atoms with Crippen LogP contribution in [0.1, 0.15) is 5.56 Å². The van der Waals surface area contributed by atoms with E-state index in [1.54, 1.807) is 19.1 Å². The second-order valence-electron chi connectivity index (χ2n) is 5.24. The lowest BCUT2D eigenvalue weighted by molar-refractivity contribution is -0.122. The highest BCUT2D eigenvalue weighted by atomic mass is 79.9. The number of halogens is 5. The van der Waals surface area contributed by atoms with Gasteiger partial charge >= 0.3 is 0 Å². The number of aryl methyl sites for hydroxylation is 1. The Morgan fingerprint density at radius 1 is 1.22 bits per heavy atom. The van der Waals surface area contributed by atoms with Crippen molar-refractivity contribution in [3.8, 4) is 0 Å². The van der Waals surface area contributed by atoms with Gasteiger partial charge in [-0.1, -0.05) is 56.8 Å². The van der Waals surface area contributed by atoms with Crippen molar-refractivity contribution in [2.75, 3.05) is 4.90 Å². The van der Waals surface area contributed by atoms with Gasteiger partial charge < -0.3 is 0 Å². The number of carbonyl (C=O) groups excluding carboxylic acids is 2. The molecule has 2 atom stereocenters. The molecule has 1 saturated heterocycles. The molecule has 2 amide bonds. The van der Waals surface area contributed by atoms with Crippen LogP contribution in [0.3, 0.4) is 0 Å². The van der Waals surface area contributed by atoms with E-state index < -0.39 is 22.6 Å². The maximum atomic E-state index is 12.9. The molecule has 0 spiro atoms. The average molecular weight is 456 g/mol. The third-order valence-corrected chi connectivity index (χ3v) is 6.44. The van der Waals surface area contributed by atoms with E-state index in [0.29, 0.717) is 5.69 Å². The third-order valence-electron chi connectivity index (χ3n) is 3.88. The standard InChI is InChI=1S/C15H8BrCl4NO2/c1-6-2-3-7(16)4-10(6)21-13(22)8-5-9(17)11(18)12(19)15(8,20)14(21)23/h2-5,8H,1H3. The predicted octanol–water partition coefficient (Wildman–Crippen LogP) is 5.05. The van der Waals surface area contributed by atoms with Gasteiger partial charge in [-0.15, -0.1) is 11.6 Å². The highest BCUT2D eigenvalue weighted by Gasteiger charge is 2.62. The molecule has 3 nitrogen and oxygen atoms in total. The Balaban J connectivity index is 2.20. The van der Waals surface area contributed by atoms with Crippen LogP contribution in [0.5, 0.6) is 0 Å². The van der Waals surface area contributed by atoms with Crippen molar-refractivity contribution < 1.29 is 9.59 Å². The topological polar surface area (TPSA) is 37.4 Å². The molecule has 0 radical (unpaired) electrons. The molecule has 2 unspecified atom stereocenters. The van der Waals surface area contributed by atoms with Crippen LogP contribution < -0.4 is 4.90 Å². The number of fused-ring (bicyclic) bond motifs is 1. The quantitative estimate of drug-likeness (QED) is 0.439. The molecule has 1 aromatic carbocycles. The van der Waals surface area contributed by atoms with E-state index in [2.05, 4.69) is 15.9 Å². The number of imide groups is 1. The van der Waals surface area contributed by atoms with Crippen molar-refractivity contribution in [2.24, 2.45) is 5.92 Å². The van der Waals surface area contributed by atoms with Crippen molar-refractivity contribution in [2.45, 2.75) is 11.8 Å². The van der Waals surface area contributed by atoms with Gasteiger partial charge in [0.05, 0.1) is 26.7 Å². The van der Waals surface area contributed by atoms with Crippen LogP contribution in [0.15, 0.2) is 43.8 Å². The second kappa shape index (κ2) is 5.78. The van der Waals surface area contributed by atoms with E-state index >= 15 is 0 Å². The van der Waals surface area contributed by atoms with E-state index in [9.17, 15) is 9.59 Å². The lowest BCUT2D eigenvalue weighted by atomic mass is 9.89. The summed E-state index contributed by atoms with van der Waals surface area (Å²) in [6.45, 7) is 1.79. The summed E-state index contributed by atoms with van der Waals surface area (Å²) in [7, 11) is 0. The Bertz CT molecular complexity index is 820. The van der Waals surface area contributed by atoms with Crippen LogP contribution in [-0.4, -0.2) is 16.7 Å². The molecule has 1 aromatic rings. The number of hydrogen-bond acceptors (Lipinski definition) is 2. The van der Waals surface area contributed by atoms with Gasteiger partial charge in [0.2, 0.25) is 5.91 Å². The fraction of sp³-hybridized carbons (Fsp3) is 0.200. The highest BCUT2D eigenvalue weighted by Crippen LogP contribution is 2.52. The van der Waals surface area contributed by atoms with E-state index in [1.165, 1.54) is 6.08 Å². The molecule has 0 bridgehead atoms. The first-order chi connectivity index (χ1) is 10.7. The van der Waals surface area contributed by atoms with Gasteiger partial charge in [-0.2, -0.15) is 0 Å². The molecule has 23 heavy (non-hydrogen) atoms. The monoisotopic (exact) mass is 453 g/mol. The number of benzene rings is 1. The first-order valence-electron chi connectivity index (χ1n) is 6.46. The number of hydrogen-bond donors (Lipinski definition) is 0. The first kappa shape index (κ1) is 17.3. The molecule has 0 saturated carbocycles. The fourth-order valence-corrected chi connectivity index (χ4v) is 4.17. The van der Waals surface area contributed by atoms with Gasteiger partial charge in [-0.3, -0.25) is 9.59 Å². The summed E-state index contributed by atoms with van der Waals surface area (Å²) in [6, 6.07) is 5.28. The van der Waals surface area contributed by atoms with E-state index in [4.69, 9.17) is 46.4 Å². The maximum Gasteiger partial charge on any atom is 0.261 e. The van der Waals surface area contributed by atoms with Gasteiger partial charge in [-0.25, -0.2) is 4.90 Å². The van der Waals surface area contributed by atoms with Crippen LogP contribution in [0.25, 0.3) is 0 Å². The largest absolute Gasteiger partial charge is 0.273 e. The molecule has 120 valence electrons. The van der Waals surface area contributed by atoms with Crippen LogP contribution >= 0.6 is 62.3 Å². The van der Waals surface area contributed by atoms with Crippen molar-refractivity contribution >= 4 is 79.8 Å². The zero-order chi connectivity index (χ0) is 17.1. The third kappa shape index (κ3) is 2.38. The van der Waals surface area contributed by atoms with Crippen LogP contribution in [0, 0.1) is 12.8 Å². The zero-order valence-electron chi connectivity index (χ0n) is 11.5. The first-order valence-corrected chi connectivity index (χ1v) is 8.77. The lowest BCUT2D eigenvalue weighted by Crippen LogP contribution is -2.40. The molecule has 1 heterocycles. The molecule has 0 N–H and O–H groups in total. The normalized spacial score (nSPS) is 27.5. The van der Waals surface area contributed by atoms with Crippen molar-refractivity contribution in [1.29, 1.82) is 0 Å². The van der Waals surface area contributed by atoms with Crippen LogP contribution in [0.4, 0.5) is 5.69 Å². The number of amides is 2. The molecule has 2 aliphatic rings. The van der Waals surface area contributed by atoms with Gasteiger partial charge in [0.15, 0.2) is 4.87 Å². The Morgan fingerprint density at radius 3 is 2.52 bits per heavy atom. The summed E-state index contributed by atoms with van der Waals surface area (Å²) in [5, 5.41) is -0.0488. The number of carbonyl (C=O) groups is 2. The summed E-state index contributed by atoms with van der Waals surface area (Å²) in [6.07, 6.45) is 1.37. The summed E-state index contributed by atoms with van der Waals surface area (Å²) < 4.78 is 0.727. The number of rotatable bonds is 1. The fourth-order valence-electron chi connectivity index (χ4n) is 2.66. The van der Waals surface area contributed by atoms with E-state index in [1.807, 2.05) is 6.07 Å². The summed E-state index contributed by atoms with van der Waals surface area (Å²) in [5.41, 5.74) is 1.18. The minimum Gasteiger partial charge on any atom is -0.273 e. The van der Waals surface area contributed by atoms with Gasteiger partial charge in [0, 0.05) is 4.47 Å². The molecule has 8 heteroatoms. The Kier molecular flexibility index (Phi) is 4.35. The minimum absolute atomic E-state index is 0.0199. The Morgan fingerprint density at radius 2 is 1.87 bits per heavy atom. The molecule has 1 aliphatic heterocycles. The number of allylic oxidation sites excluding steroid dienone is 2. The highest BCUT2D eigenvalue weighted by molar-refractivity contribution is 9.10. The minimum atomic E-state index is -1.76. The van der Waals surface area contributed by atoms with E-state index in [0.717, 1.165) is 14.9 Å². The van der Waals surface area contributed by atoms with Crippen molar-refractivity contribution in [3.63, 3.8) is 0 Å². The summed E-state index contributed by atoms with van der Waals surface area (Å²) >= 11 is 28.0. The molecule has 1 fully saturated rings. The Labute approximate surface area is 160 Å². The molecule has 3 rings (SSSR count). The number of nitrogens with zero attached hydrogens (tertiary/aromatic N) is 1. The summed E-state index contributed by atoms with van der Waals surface area (Å²) in [4.78, 5) is 25.0. The zero-order valence-corrected chi connectivity index (χ0v) is 16.1.